The predicted molar refractivity (Wildman–Crippen MR) is 134 cm³/mol. The van der Waals surface area contributed by atoms with Gasteiger partial charge in [-0.25, -0.2) is 4.98 Å². The molecule has 2 aromatic carbocycles. The Morgan fingerprint density at radius 3 is 2.68 bits per heavy atom. The molecule has 3 heterocycles. The van der Waals surface area contributed by atoms with E-state index in [1.165, 1.54) is 16.9 Å². The Morgan fingerprint density at radius 1 is 1.21 bits per heavy atom. The Kier molecular flexibility index (Phi) is 6.44. The van der Waals surface area contributed by atoms with Crippen LogP contribution in [-0.4, -0.2) is 45.9 Å². The van der Waals surface area contributed by atoms with Crippen LogP contribution in [0, 0.1) is 0 Å². The summed E-state index contributed by atoms with van der Waals surface area (Å²) >= 11 is 7.49. The molecule has 4 aromatic rings. The highest BCUT2D eigenvalue weighted by molar-refractivity contribution is 7.07. The van der Waals surface area contributed by atoms with E-state index in [0.29, 0.717) is 25.0 Å². The summed E-state index contributed by atoms with van der Waals surface area (Å²) in [6, 6.07) is 15.4. The summed E-state index contributed by atoms with van der Waals surface area (Å²) in [4.78, 5) is 21.0. The van der Waals surface area contributed by atoms with Gasteiger partial charge in [-0.05, 0) is 54.3 Å². The van der Waals surface area contributed by atoms with Crippen molar-refractivity contribution in [2.75, 3.05) is 20.1 Å². The van der Waals surface area contributed by atoms with E-state index >= 15 is 0 Å². The molecular weight excluding hydrogens is 470 g/mol. The first-order valence-corrected chi connectivity index (χ1v) is 12.6. The molecule has 5 rings (SSSR count). The molecule has 0 unspecified atom stereocenters. The van der Waals surface area contributed by atoms with Crippen LogP contribution in [0.3, 0.4) is 0 Å². The highest BCUT2D eigenvalue weighted by Crippen LogP contribution is 2.35. The molecule has 0 spiro atoms. The molecular formula is C26H26ClN3O3S. The van der Waals surface area contributed by atoms with Crippen LogP contribution in [0.4, 0.5) is 0 Å². The average molecular weight is 496 g/mol. The van der Waals surface area contributed by atoms with Gasteiger partial charge in [0.15, 0.2) is 5.76 Å². The van der Waals surface area contributed by atoms with Crippen molar-refractivity contribution in [1.29, 1.82) is 0 Å². The minimum atomic E-state index is -0.895. The SMILES string of the molecule is CN(Cc1cscn1)C(=O)c1cc2cc(C3(O)CCN(Cc4ccc(Cl)cc4)CC3)ccc2o1. The number of furan rings is 1. The maximum Gasteiger partial charge on any atom is 0.289 e. The molecule has 8 heteroatoms. The van der Waals surface area contributed by atoms with Crippen molar-refractivity contribution in [3.8, 4) is 0 Å². The summed E-state index contributed by atoms with van der Waals surface area (Å²) in [7, 11) is 1.74. The molecule has 176 valence electrons. The lowest BCUT2D eigenvalue weighted by molar-refractivity contribution is -0.0276. The van der Waals surface area contributed by atoms with Gasteiger partial charge in [0.2, 0.25) is 0 Å². The number of rotatable bonds is 6. The molecule has 1 fully saturated rings. The molecule has 1 aliphatic rings. The van der Waals surface area contributed by atoms with Crippen molar-refractivity contribution in [3.63, 3.8) is 0 Å². The third kappa shape index (κ3) is 4.88. The van der Waals surface area contributed by atoms with Gasteiger partial charge >= 0.3 is 0 Å². The zero-order chi connectivity index (χ0) is 23.7. The summed E-state index contributed by atoms with van der Waals surface area (Å²) in [5, 5.41) is 14.9. The zero-order valence-electron chi connectivity index (χ0n) is 18.9. The van der Waals surface area contributed by atoms with Crippen LogP contribution in [0.5, 0.6) is 0 Å². The quantitative estimate of drug-likeness (QED) is 0.393. The number of thiazole rings is 1. The Morgan fingerprint density at radius 2 is 1.97 bits per heavy atom. The van der Waals surface area contributed by atoms with E-state index in [1.807, 2.05) is 47.8 Å². The summed E-state index contributed by atoms with van der Waals surface area (Å²) in [6.45, 7) is 2.87. The molecule has 0 aliphatic carbocycles. The number of halogens is 1. The van der Waals surface area contributed by atoms with Gasteiger partial charge in [-0.2, -0.15) is 0 Å². The monoisotopic (exact) mass is 495 g/mol. The lowest BCUT2D eigenvalue weighted by atomic mass is 9.84. The highest BCUT2D eigenvalue weighted by atomic mass is 35.5. The second-order valence-corrected chi connectivity index (χ2v) is 10.1. The van der Waals surface area contributed by atoms with Gasteiger partial charge in [-0.15, -0.1) is 11.3 Å². The summed E-state index contributed by atoms with van der Waals surface area (Å²) in [5.41, 5.74) is 4.42. The van der Waals surface area contributed by atoms with Gasteiger partial charge in [0.05, 0.1) is 23.4 Å². The number of carbonyl (C=O) groups excluding carboxylic acids is 1. The third-order valence-corrected chi connectivity index (χ3v) is 7.38. The molecule has 1 N–H and O–H groups in total. The van der Waals surface area contributed by atoms with E-state index in [4.69, 9.17) is 16.0 Å². The van der Waals surface area contributed by atoms with Gasteiger partial charge in [-0.1, -0.05) is 29.8 Å². The molecule has 6 nitrogen and oxygen atoms in total. The Hall–Kier alpha value is -2.71. The van der Waals surface area contributed by atoms with E-state index < -0.39 is 5.60 Å². The number of fused-ring (bicyclic) bond motifs is 1. The van der Waals surface area contributed by atoms with Gasteiger partial charge in [0.1, 0.15) is 5.58 Å². The first-order chi connectivity index (χ1) is 16.4. The molecule has 2 aromatic heterocycles. The molecule has 0 bridgehead atoms. The topological polar surface area (TPSA) is 69.8 Å². The van der Waals surface area contributed by atoms with Crippen molar-refractivity contribution in [3.05, 3.63) is 87.0 Å². The number of carbonyl (C=O) groups is 1. The number of aromatic nitrogens is 1. The van der Waals surface area contributed by atoms with Crippen molar-refractivity contribution in [1.82, 2.24) is 14.8 Å². The lowest BCUT2D eigenvalue weighted by Crippen LogP contribution is -2.42. The number of hydrogen-bond acceptors (Lipinski definition) is 6. The van der Waals surface area contributed by atoms with Crippen LogP contribution in [0.1, 0.15) is 40.2 Å². The molecule has 0 radical (unpaired) electrons. The second kappa shape index (κ2) is 9.50. The van der Waals surface area contributed by atoms with Crippen molar-refractivity contribution >= 4 is 39.8 Å². The smallest absolute Gasteiger partial charge is 0.289 e. The van der Waals surface area contributed by atoms with Crippen LogP contribution in [0.2, 0.25) is 5.02 Å². The van der Waals surface area contributed by atoms with Crippen molar-refractivity contribution < 1.29 is 14.3 Å². The summed E-state index contributed by atoms with van der Waals surface area (Å²) in [5.74, 6) is 0.0922. The minimum absolute atomic E-state index is 0.194. The first kappa shape index (κ1) is 23.1. The van der Waals surface area contributed by atoms with E-state index in [9.17, 15) is 9.90 Å². The summed E-state index contributed by atoms with van der Waals surface area (Å²) in [6.07, 6.45) is 1.29. The number of hydrogen-bond donors (Lipinski definition) is 1. The van der Waals surface area contributed by atoms with Gasteiger partial charge in [0.25, 0.3) is 5.91 Å². The average Bonchev–Trinajstić information content (AvgIpc) is 3.51. The van der Waals surface area contributed by atoms with Crippen molar-refractivity contribution in [2.24, 2.45) is 0 Å². The van der Waals surface area contributed by atoms with E-state index in [2.05, 4.69) is 9.88 Å². The van der Waals surface area contributed by atoms with Gasteiger partial charge in [-0.3, -0.25) is 9.69 Å². The minimum Gasteiger partial charge on any atom is -0.451 e. The van der Waals surface area contributed by atoms with E-state index in [1.54, 1.807) is 23.5 Å². The van der Waals surface area contributed by atoms with Crippen molar-refractivity contribution in [2.45, 2.75) is 31.5 Å². The number of benzene rings is 2. The Labute approximate surface area is 207 Å². The number of amides is 1. The molecule has 34 heavy (non-hydrogen) atoms. The van der Waals surface area contributed by atoms with Crippen LogP contribution >= 0.6 is 22.9 Å². The van der Waals surface area contributed by atoms with Crippen LogP contribution in [0.25, 0.3) is 11.0 Å². The lowest BCUT2D eigenvalue weighted by Gasteiger charge is -2.38. The largest absolute Gasteiger partial charge is 0.451 e. The fraction of sp³-hybridized carbons (Fsp3) is 0.308. The van der Waals surface area contributed by atoms with Crippen LogP contribution < -0.4 is 0 Å². The first-order valence-electron chi connectivity index (χ1n) is 11.3. The predicted octanol–water partition coefficient (Wildman–Crippen LogP) is 5.30. The number of likely N-dealkylation sites (tertiary alicyclic amines) is 1. The second-order valence-electron chi connectivity index (χ2n) is 8.94. The van der Waals surface area contributed by atoms with Gasteiger partial charge < -0.3 is 14.4 Å². The number of piperidine rings is 1. The zero-order valence-corrected chi connectivity index (χ0v) is 20.5. The molecule has 0 saturated carbocycles. The number of aliphatic hydroxyl groups is 1. The maximum atomic E-state index is 12.8. The highest BCUT2D eigenvalue weighted by Gasteiger charge is 2.34. The molecule has 0 atom stereocenters. The van der Waals surface area contributed by atoms with Crippen LogP contribution in [0.15, 0.2) is 63.8 Å². The standard InChI is InChI=1S/C26H26ClN3O3S/c1-29(15-22-16-34-17-28-22)25(31)24-13-19-12-20(4-7-23(19)33-24)26(32)8-10-30(11-9-26)14-18-2-5-21(27)6-3-18/h2-7,12-13,16-17,32H,8-11,14-15H2,1H3. The van der Waals surface area contributed by atoms with E-state index in [-0.39, 0.29) is 11.7 Å². The molecule has 1 amide bonds. The number of nitrogens with zero attached hydrogens (tertiary/aromatic N) is 3. The third-order valence-electron chi connectivity index (χ3n) is 6.50. The fourth-order valence-electron chi connectivity index (χ4n) is 4.47. The molecule has 1 aliphatic heterocycles. The Balaban J connectivity index is 1.26. The molecule has 1 saturated heterocycles. The van der Waals surface area contributed by atoms with Gasteiger partial charge in [0, 0.05) is 42.5 Å². The fourth-order valence-corrected chi connectivity index (χ4v) is 5.15. The van der Waals surface area contributed by atoms with Crippen LogP contribution in [-0.2, 0) is 18.7 Å². The Bertz CT molecular complexity index is 1280. The summed E-state index contributed by atoms with van der Waals surface area (Å²) < 4.78 is 5.83. The van der Waals surface area contributed by atoms with E-state index in [0.717, 1.165) is 41.3 Å². The normalized spacial score (nSPS) is 16.1. The maximum absolute atomic E-state index is 12.8.